The van der Waals surface area contributed by atoms with Crippen LogP contribution in [0.4, 0.5) is 0 Å². The van der Waals surface area contributed by atoms with Crippen molar-refractivity contribution in [1.29, 1.82) is 0 Å². The SMILES string of the molecule is CC[O][Ge]([O]CC)([O][Si](CC)(CC)CC)[c]1cccs1. The Bertz CT molecular complexity index is 354. The number of hydrogen-bond acceptors (Lipinski definition) is 4. The zero-order chi connectivity index (χ0) is 15.1. The molecule has 0 N–H and O–H groups in total. The third-order valence-electron chi connectivity index (χ3n) is 3.78. The zero-order valence-corrected chi connectivity index (χ0v) is 17.3. The summed E-state index contributed by atoms with van der Waals surface area (Å²) < 4.78 is 20.3. The molecule has 6 heteroatoms. The van der Waals surface area contributed by atoms with Gasteiger partial charge >= 0.3 is 132 Å². The van der Waals surface area contributed by atoms with Crippen LogP contribution in [0.1, 0.15) is 34.6 Å². The van der Waals surface area contributed by atoms with Crippen molar-refractivity contribution in [2.45, 2.75) is 52.8 Å². The fourth-order valence-electron chi connectivity index (χ4n) is 2.38. The van der Waals surface area contributed by atoms with Crippen molar-refractivity contribution in [2.24, 2.45) is 0 Å². The van der Waals surface area contributed by atoms with Crippen molar-refractivity contribution in [3.8, 4) is 0 Å². The van der Waals surface area contributed by atoms with Crippen LogP contribution in [0.2, 0.25) is 18.1 Å². The van der Waals surface area contributed by atoms with E-state index in [0.29, 0.717) is 13.2 Å². The van der Waals surface area contributed by atoms with Gasteiger partial charge in [-0.15, -0.1) is 0 Å². The molecule has 0 spiro atoms. The van der Waals surface area contributed by atoms with Crippen LogP contribution in [-0.2, 0) is 11.0 Å². The van der Waals surface area contributed by atoms with E-state index in [4.69, 9.17) is 11.0 Å². The molecule has 0 fully saturated rings. The summed E-state index contributed by atoms with van der Waals surface area (Å²) in [4.78, 5) is 0. The Morgan fingerprint density at radius 1 is 1.00 bits per heavy atom. The second-order valence-electron chi connectivity index (χ2n) is 4.75. The summed E-state index contributed by atoms with van der Waals surface area (Å²) in [6, 6.07) is 7.56. The van der Waals surface area contributed by atoms with Crippen LogP contribution in [0.3, 0.4) is 0 Å². The number of hydrogen-bond donors (Lipinski definition) is 0. The van der Waals surface area contributed by atoms with E-state index in [9.17, 15) is 0 Å². The van der Waals surface area contributed by atoms with Gasteiger partial charge in [0.2, 0.25) is 0 Å². The average Bonchev–Trinajstić information content (AvgIpc) is 3.00. The Kier molecular flexibility index (Phi) is 8.00. The summed E-state index contributed by atoms with van der Waals surface area (Å²) >= 11 is -1.63. The molecule has 3 nitrogen and oxygen atoms in total. The molecule has 0 bridgehead atoms. The van der Waals surface area contributed by atoms with Crippen molar-refractivity contribution >= 4 is 37.6 Å². The third kappa shape index (κ3) is 4.18. The Morgan fingerprint density at radius 2 is 1.55 bits per heavy atom. The van der Waals surface area contributed by atoms with Crippen molar-refractivity contribution < 1.29 is 11.0 Å². The maximum atomic E-state index is 6.79. The molecule has 0 aliphatic carbocycles. The summed E-state index contributed by atoms with van der Waals surface area (Å²) in [6.45, 7) is 12.1. The van der Waals surface area contributed by atoms with Gasteiger partial charge in [0.25, 0.3) is 0 Å². The van der Waals surface area contributed by atoms with E-state index in [1.165, 1.54) is 3.71 Å². The molecule has 20 heavy (non-hydrogen) atoms. The molecule has 0 aromatic carbocycles. The predicted octanol–water partition coefficient (Wildman–Crippen LogP) is 3.99. The molecule has 1 aromatic rings. The molecule has 0 aliphatic heterocycles. The third-order valence-corrected chi connectivity index (χ3v) is 19.9. The van der Waals surface area contributed by atoms with Gasteiger partial charge in [0.05, 0.1) is 0 Å². The first-order chi connectivity index (χ1) is 9.62. The molecule has 0 amide bonds. The van der Waals surface area contributed by atoms with Crippen molar-refractivity contribution in [3.63, 3.8) is 0 Å². The summed E-state index contributed by atoms with van der Waals surface area (Å²) in [5.74, 6) is 0. The van der Waals surface area contributed by atoms with Gasteiger partial charge in [-0.05, 0) is 0 Å². The number of thiophene rings is 1. The standard InChI is InChI=1S/C14H28GeO3SSi/c1-6-16-15(17-7-2,14-12-11-13-19-14)18-20(8-3,9-4)10-5/h11-13H,6-10H2,1-5H3. The van der Waals surface area contributed by atoms with E-state index in [1.807, 2.05) is 13.8 Å². The molecule has 0 unspecified atom stereocenters. The van der Waals surface area contributed by atoms with Gasteiger partial charge in [-0.25, -0.2) is 0 Å². The second-order valence-corrected chi connectivity index (χ2v) is 17.1. The monoisotopic (exact) mass is 378 g/mol. The summed E-state index contributed by atoms with van der Waals surface area (Å²) in [7, 11) is -1.74. The van der Waals surface area contributed by atoms with Crippen LogP contribution in [0.15, 0.2) is 17.5 Å². The normalized spacial score (nSPS) is 12.8. The van der Waals surface area contributed by atoms with E-state index in [1.54, 1.807) is 11.3 Å². The quantitative estimate of drug-likeness (QED) is 0.578. The molecule has 0 atom stereocenters. The van der Waals surface area contributed by atoms with Gasteiger partial charge in [0.15, 0.2) is 0 Å². The molecule has 116 valence electrons. The Balaban J connectivity index is 3.15. The van der Waals surface area contributed by atoms with Crippen molar-refractivity contribution in [2.75, 3.05) is 13.2 Å². The van der Waals surface area contributed by atoms with Gasteiger partial charge in [0, 0.05) is 0 Å². The topological polar surface area (TPSA) is 27.7 Å². The van der Waals surface area contributed by atoms with E-state index in [2.05, 4.69) is 38.3 Å². The maximum absolute atomic E-state index is 6.79. The number of rotatable bonds is 10. The summed E-state index contributed by atoms with van der Waals surface area (Å²) in [6.07, 6.45) is 0. The first-order valence-electron chi connectivity index (χ1n) is 7.64. The Labute approximate surface area is 132 Å². The molecule has 0 aliphatic rings. The fourth-order valence-corrected chi connectivity index (χ4v) is 19.0. The average molecular weight is 377 g/mol. The fraction of sp³-hybridized carbons (Fsp3) is 0.714. The minimum absolute atomic E-state index is 0.652. The van der Waals surface area contributed by atoms with Crippen LogP contribution >= 0.6 is 11.3 Å². The molecule has 1 heterocycles. The van der Waals surface area contributed by atoms with Gasteiger partial charge in [-0.3, -0.25) is 0 Å². The van der Waals surface area contributed by atoms with Crippen LogP contribution in [0, 0.1) is 0 Å². The summed E-state index contributed by atoms with van der Waals surface area (Å²) in [5, 5.41) is 2.09. The van der Waals surface area contributed by atoms with E-state index < -0.39 is 22.6 Å². The van der Waals surface area contributed by atoms with Gasteiger partial charge < -0.3 is 0 Å². The van der Waals surface area contributed by atoms with Crippen LogP contribution in [0.5, 0.6) is 0 Å². The molecule has 1 rings (SSSR count). The van der Waals surface area contributed by atoms with Crippen molar-refractivity contribution in [3.05, 3.63) is 17.5 Å². The molecule has 0 saturated carbocycles. The Hall–Kier alpha value is 0.340. The molecule has 0 radical (unpaired) electrons. The minimum atomic E-state index is -3.34. The molecule has 1 aromatic heterocycles. The van der Waals surface area contributed by atoms with Crippen LogP contribution in [-0.4, -0.2) is 35.8 Å². The van der Waals surface area contributed by atoms with Gasteiger partial charge in [0.1, 0.15) is 0 Å². The van der Waals surface area contributed by atoms with Crippen molar-refractivity contribution in [1.82, 2.24) is 0 Å². The summed E-state index contributed by atoms with van der Waals surface area (Å²) in [5.41, 5.74) is 0. The van der Waals surface area contributed by atoms with E-state index in [-0.39, 0.29) is 0 Å². The van der Waals surface area contributed by atoms with Gasteiger partial charge in [-0.2, -0.15) is 0 Å². The van der Waals surface area contributed by atoms with E-state index >= 15 is 0 Å². The zero-order valence-electron chi connectivity index (χ0n) is 13.4. The Morgan fingerprint density at radius 3 is 1.90 bits per heavy atom. The van der Waals surface area contributed by atoms with Crippen LogP contribution < -0.4 is 3.71 Å². The molecular weight excluding hydrogens is 349 g/mol. The second kappa shape index (κ2) is 8.70. The van der Waals surface area contributed by atoms with Crippen LogP contribution in [0.25, 0.3) is 0 Å². The molecular formula is C14H28GeO3SSi. The molecule has 0 saturated heterocycles. The van der Waals surface area contributed by atoms with Gasteiger partial charge in [-0.1, -0.05) is 0 Å². The first kappa shape index (κ1) is 18.4. The predicted molar refractivity (Wildman–Crippen MR) is 91.2 cm³/mol. The first-order valence-corrected chi connectivity index (χ1v) is 14.7. The van der Waals surface area contributed by atoms with E-state index in [0.717, 1.165) is 18.1 Å².